The summed E-state index contributed by atoms with van der Waals surface area (Å²) in [6, 6.07) is 16.1. The highest BCUT2D eigenvalue weighted by atomic mass is 79.9. The lowest BCUT2D eigenvalue weighted by molar-refractivity contribution is 0.853. The summed E-state index contributed by atoms with van der Waals surface area (Å²) in [5.74, 6) is 6.02. The molecule has 0 aliphatic carbocycles. The number of nitrogens with zero attached hydrogens (tertiary/aromatic N) is 1. The Hall–Kier alpha value is -0.840. The van der Waals surface area contributed by atoms with Crippen LogP contribution in [0, 0.1) is 0 Å². The predicted octanol–water partition coefficient (Wildman–Crippen LogP) is 4.09. The van der Waals surface area contributed by atoms with E-state index < -0.39 is 0 Å². The predicted molar refractivity (Wildman–Crippen MR) is 78.7 cm³/mol. The van der Waals surface area contributed by atoms with Crippen LogP contribution in [0.1, 0.15) is 5.56 Å². The van der Waals surface area contributed by atoms with Crippen LogP contribution in [0.4, 0.5) is 5.69 Å². The molecular weight excluding hydrogens is 344 g/mol. The Balaban J connectivity index is 2.08. The van der Waals surface area contributed by atoms with E-state index in [0.717, 1.165) is 14.6 Å². The van der Waals surface area contributed by atoms with Crippen molar-refractivity contribution in [2.24, 2.45) is 5.84 Å². The fourth-order valence-electron chi connectivity index (χ4n) is 1.51. The van der Waals surface area contributed by atoms with Gasteiger partial charge in [0, 0.05) is 8.95 Å². The fourth-order valence-corrected chi connectivity index (χ4v) is 2.04. The highest BCUT2D eigenvalue weighted by Crippen LogP contribution is 2.18. The molecule has 4 heteroatoms. The molecule has 2 nitrogen and oxygen atoms in total. The van der Waals surface area contributed by atoms with Crippen LogP contribution in [-0.2, 0) is 6.54 Å². The van der Waals surface area contributed by atoms with E-state index in [4.69, 9.17) is 5.84 Å². The molecule has 2 rings (SSSR count). The van der Waals surface area contributed by atoms with Gasteiger partial charge in [-0.15, -0.1) is 0 Å². The first-order valence-electron chi connectivity index (χ1n) is 5.17. The van der Waals surface area contributed by atoms with E-state index in [2.05, 4.69) is 44.0 Å². The summed E-state index contributed by atoms with van der Waals surface area (Å²) in [6.45, 7) is 0.689. The van der Waals surface area contributed by atoms with E-state index in [1.54, 1.807) is 5.01 Å². The zero-order valence-corrected chi connectivity index (χ0v) is 12.3. The first kappa shape index (κ1) is 12.6. The van der Waals surface area contributed by atoms with Crippen LogP contribution in [0.5, 0.6) is 0 Å². The molecule has 0 bridgehead atoms. The van der Waals surface area contributed by atoms with E-state index in [9.17, 15) is 0 Å². The van der Waals surface area contributed by atoms with Gasteiger partial charge in [0.2, 0.25) is 0 Å². The molecule has 88 valence electrons. The zero-order chi connectivity index (χ0) is 12.3. The number of hydrogen-bond acceptors (Lipinski definition) is 2. The van der Waals surface area contributed by atoms with Crippen molar-refractivity contribution >= 4 is 37.5 Å². The number of hydrogen-bond donors (Lipinski definition) is 1. The van der Waals surface area contributed by atoms with Gasteiger partial charge in [-0.3, -0.25) is 0 Å². The molecule has 0 aromatic heterocycles. The second kappa shape index (κ2) is 5.67. The number of benzene rings is 2. The molecule has 17 heavy (non-hydrogen) atoms. The van der Waals surface area contributed by atoms with Crippen LogP contribution in [0.15, 0.2) is 57.5 Å². The van der Waals surface area contributed by atoms with Gasteiger partial charge in [0.15, 0.2) is 0 Å². The largest absolute Gasteiger partial charge is 0.307 e. The summed E-state index contributed by atoms with van der Waals surface area (Å²) < 4.78 is 2.13. The lowest BCUT2D eigenvalue weighted by atomic mass is 10.2. The lowest BCUT2D eigenvalue weighted by Gasteiger charge is -2.18. The maximum absolute atomic E-state index is 6.02. The van der Waals surface area contributed by atoms with Crippen LogP contribution in [0.3, 0.4) is 0 Å². The molecule has 2 N–H and O–H groups in total. The first-order chi connectivity index (χ1) is 8.15. The van der Waals surface area contributed by atoms with Gasteiger partial charge in [-0.2, -0.15) is 0 Å². The van der Waals surface area contributed by atoms with Gasteiger partial charge in [0.1, 0.15) is 0 Å². The van der Waals surface area contributed by atoms with Crippen LogP contribution >= 0.6 is 31.9 Å². The number of nitrogens with two attached hydrogens (primary N) is 1. The Kier molecular flexibility index (Phi) is 4.20. The lowest BCUT2D eigenvalue weighted by Crippen LogP contribution is -2.29. The minimum absolute atomic E-state index is 0.689. The summed E-state index contributed by atoms with van der Waals surface area (Å²) >= 11 is 6.82. The molecule has 0 fully saturated rings. The number of anilines is 1. The van der Waals surface area contributed by atoms with Crippen molar-refractivity contribution in [3.8, 4) is 0 Å². The second-order valence-corrected chi connectivity index (χ2v) is 5.56. The zero-order valence-electron chi connectivity index (χ0n) is 9.11. The normalized spacial score (nSPS) is 10.3. The quantitative estimate of drug-likeness (QED) is 0.663. The molecule has 0 saturated carbocycles. The van der Waals surface area contributed by atoms with Crippen molar-refractivity contribution in [3.63, 3.8) is 0 Å². The van der Waals surface area contributed by atoms with Crippen molar-refractivity contribution in [1.29, 1.82) is 0 Å². The minimum atomic E-state index is 0.689. The minimum Gasteiger partial charge on any atom is -0.307 e. The number of halogens is 2. The van der Waals surface area contributed by atoms with E-state index in [1.807, 2.05) is 36.4 Å². The number of rotatable bonds is 3. The third kappa shape index (κ3) is 3.56. The molecule has 0 atom stereocenters. The van der Waals surface area contributed by atoms with Crippen LogP contribution in [-0.4, -0.2) is 0 Å². The Morgan fingerprint density at radius 1 is 0.824 bits per heavy atom. The Morgan fingerprint density at radius 3 is 1.82 bits per heavy atom. The first-order valence-corrected chi connectivity index (χ1v) is 6.76. The summed E-state index contributed by atoms with van der Waals surface area (Å²) in [4.78, 5) is 0. The molecule has 0 radical (unpaired) electrons. The van der Waals surface area contributed by atoms with Gasteiger partial charge in [-0.05, 0) is 42.0 Å². The third-order valence-electron chi connectivity index (χ3n) is 2.42. The molecule has 2 aromatic rings. The van der Waals surface area contributed by atoms with Crippen LogP contribution < -0.4 is 10.9 Å². The summed E-state index contributed by atoms with van der Waals surface area (Å²) in [5.41, 5.74) is 2.18. The molecule has 0 spiro atoms. The second-order valence-electron chi connectivity index (χ2n) is 3.73. The van der Waals surface area contributed by atoms with Crippen molar-refractivity contribution < 1.29 is 0 Å². The van der Waals surface area contributed by atoms with E-state index in [1.165, 1.54) is 5.56 Å². The van der Waals surface area contributed by atoms with Gasteiger partial charge in [0.25, 0.3) is 0 Å². The van der Waals surface area contributed by atoms with E-state index in [-0.39, 0.29) is 0 Å². The van der Waals surface area contributed by atoms with Crippen LogP contribution in [0.2, 0.25) is 0 Å². The molecule has 0 saturated heterocycles. The van der Waals surface area contributed by atoms with Gasteiger partial charge >= 0.3 is 0 Å². The summed E-state index contributed by atoms with van der Waals surface area (Å²) in [6.07, 6.45) is 0. The monoisotopic (exact) mass is 354 g/mol. The van der Waals surface area contributed by atoms with Crippen LogP contribution in [0.25, 0.3) is 0 Å². The molecule has 0 unspecified atom stereocenters. The smallest absolute Gasteiger partial charge is 0.0592 e. The fraction of sp³-hybridized carbons (Fsp3) is 0.0769. The van der Waals surface area contributed by atoms with E-state index >= 15 is 0 Å². The van der Waals surface area contributed by atoms with Crippen molar-refractivity contribution in [2.45, 2.75) is 6.54 Å². The highest BCUT2D eigenvalue weighted by Gasteiger charge is 2.02. The number of hydrazine groups is 1. The summed E-state index contributed by atoms with van der Waals surface area (Å²) in [5, 5.41) is 1.73. The topological polar surface area (TPSA) is 29.3 Å². The Bertz CT molecular complexity index is 480. The Labute approximate surface area is 118 Å². The van der Waals surface area contributed by atoms with Gasteiger partial charge < -0.3 is 5.01 Å². The van der Waals surface area contributed by atoms with Crippen molar-refractivity contribution in [2.75, 3.05) is 5.01 Å². The average Bonchev–Trinajstić information content (AvgIpc) is 2.33. The highest BCUT2D eigenvalue weighted by molar-refractivity contribution is 9.10. The molecule has 0 heterocycles. The van der Waals surface area contributed by atoms with E-state index in [0.29, 0.717) is 6.54 Å². The molecule has 0 aliphatic heterocycles. The molecule has 2 aromatic carbocycles. The average molecular weight is 356 g/mol. The molecular formula is C13H12Br2N2. The maximum atomic E-state index is 6.02. The third-order valence-corrected chi connectivity index (χ3v) is 3.48. The maximum Gasteiger partial charge on any atom is 0.0592 e. The van der Waals surface area contributed by atoms with Gasteiger partial charge in [-0.1, -0.05) is 44.0 Å². The summed E-state index contributed by atoms with van der Waals surface area (Å²) in [7, 11) is 0. The Morgan fingerprint density at radius 2 is 1.29 bits per heavy atom. The van der Waals surface area contributed by atoms with Gasteiger partial charge in [0.05, 0.1) is 12.2 Å². The van der Waals surface area contributed by atoms with Crippen molar-refractivity contribution in [1.82, 2.24) is 0 Å². The molecule has 0 amide bonds. The molecule has 0 aliphatic rings. The standard InChI is InChI=1S/C13H12Br2N2/c14-11-3-1-10(2-4-11)9-17(16)13-7-5-12(15)6-8-13/h1-8H,9,16H2. The van der Waals surface area contributed by atoms with Crippen molar-refractivity contribution in [3.05, 3.63) is 63.0 Å². The SMILES string of the molecule is NN(Cc1ccc(Br)cc1)c1ccc(Br)cc1. The van der Waals surface area contributed by atoms with Gasteiger partial charge in [-0.25, -0.2) is 5.84 Å².